The topological polar surface area (TPSA) is 21.3 Å². The van der Waals surface area contributed by atoms with Gasteiger partial charge in [-0.15, -0.1) is 0 Å². The van der Waals surface area contributed by atoms with E-state index in [0.29, 0.717) is 5.92 Å². The third-order valence-corrected chi connectivity index (χ3v) is 7.21. The highest BCUT2D eigenvalue weighted by Crippen LogP contribution is 2.46. The van der Waals surface area contributed by atoms with Gasteiger partial charge in [-0.1, -0.05) is 45.0 Å². The van der Waals surface area contributed by atoms with Crippen molar-refractivity contribution < 1.29 is 9.13 Å². The van der Waals surface area contributed by atoms with Crippen molar-refractivity contribution in [3.63, 3.8) is 0 Å². The minimum atomic E-state index is -0.251. The quantitative estimate of drug-likeness (QED) is 0.529. The first kappa shape index (κ1) is 21.0. The van der Waals surface area contributed by atoms with Gasteiger partial charge in [-0.25, -0.2) is 4.39 Å². The maximum atomic E-state index is 15.0. The number of likely N-dealkylation sites (N-methyl/N-ethyl adjacent to an activating group) is 1. The first-order chi connectivity index (χ1) is 14.4. The number of allylic oxidation sites excluding steroid dienone is 1. The molecule has 0 bridgehead atoms. The molecule has 0 amide bonds. The lowest BCUT2D eigenvalue weighted by Gasteiger charge is -2.31. The number of benzene rings is 2. The predicted octanol–water partition coefficient (Wildman–Crippen LogP) is 7.09. The molecule has 0 spiro atoms. The molecule has 0 atom stereocenters. The standard InChI is InChI=1S/C27H34FNO/c1-18(29-4)27(2,3)20-15-16-25(30-21-11-5-6-12-21)23(17-20)22-13-8-14-24(28)26(22)19-9-7-10-19/h8,13-17,19,21,29H,1,5-7,9-12H2,2-4H3. The molecular weight excluding hydrogens is 373 g/mol. The number of hydrogen-bond acceptors (Lipinski definition) is 2. The van der Waals surface area contributed by atoms with Crippen molar-refractivity contribution in [2.75, 3.05) is 7.05 Å². The molecule has 2 saturated carbocycles. The molecule has 2 aliphatic rings. The van der Waals surface area contributed by atoms with E-state index in [1.54, 1.807) is 6.07 Å². The van der Waals surface area contributed by atoms with E-state index in [0.717, 1.165) is 59.4 Å². The summed E-state index contributed by atoms with van der Waals surface area (Å²) in [4.78, 5) is 0. The molecule has 2 aliphatic carbocycles. The molecule has 0 unspecified atom stereocenters. The monoisotopic (exact) mass is 407 g/mol. The number of halogens is 1. The second kappa shape index (κ2) is 8.45. The summed E-state index contributed by atoms with van der Waals surface area (Å²) in [7, 11) is 1.91. The van der Waals surface area contributed by atoms with E-state index in [-0.39, 0.29) is 17.3 Å². The van der Waals surface area contributed by atoms with Gasteiger partial charge in [0.25, 0.3) is 0 Å². The molecule has 2 nitrogen and oxygen atoms in total. The fourth-order valence-electron chi connectivity index (χ4n) is 4.79. The Bertz CT molecular complexity index is 922. The zero-order valence-corrected chi connectivity index (χ0v) is 18.6. The van der Waals surface area contributed by atoms with Crippen LogP contribution in [0.25, 0.3) is 11.1 Å². The first-order valence-corrected chi connectivity index (χ1v) is 11.4. The van der Waals surface area contributed by atoms with Gasteiger partial charge in [-0.05, 0) is 79.3 Å². The summed E-state index contributed by atoms with van der Waals surface area (Å²) in [5, 5.41) is 3.21. The predicted molar refractivity (Wildman–Crippen MR) is 123 cm³/mol. The van der Waals surface area contributed by atoms with Gasteiger partial charge in [-0.2, -0.15) is 0 Å². The number of hydrogen-bond donors (Lipinski definition) is 1. The Morgan fingerprint density at radius 3 is 2.40 bits per heavy atom. The second-order valence-corrected chi connectivity index (χ2v) is 9.42. The molecule has 0 aromatic heterocycles. The van der Waals surface area contributed by atoms with Crippen molar-refractivity contribution in [1.82, 2.24) is 5.32 Å². The Labute approximate surface area is 180 Å². The van der Waals surface area contributed by atoms with Crippen LogP contribution in [0.15, 0.2) is 48.7 Å². The van der Waals surface area contributed by atoms with Crippen LogP contribution in [0.1, 0.15) is 75.8 Å². The molecule has 30 heavy (non-hydrogen) atoms. The first-order valence-electron chi connectivity index (χ1n) is 11.4. The van der Waals surface area contributed by atoms with Gasteiger partial charge in [0.05, 0.1) is 6.10 Å². The zero-order chi connectivity index (χ0) is 21.3. The zero-order valence-electron chi connectivity index (χ0n) is 18.6. The van der Waals surface area contributed by atoms with Gasteiger partial charge >= 0.3 is 0 Å². The Morgan fingerprint density at radius 1 is 1.03 bits per heavy atom. The summed E-state index contributed by atoms with van der Waals surface area (Å²) >= 11 is 0. The van der Waals surface area contributed by atoms with Crippen LogP contribution < -0.4 is 10.1 Å². The average molecular weight is 408 g/mol. The molecular formula is C27H34FNO. The molecule has 0 heterocycles. The van der Waals surface area contributed by atoms with Gasteiger partial charge in [0.1, 0.15) is 11.6 Å². The Kier molecular flexibility index (Phi) is 5.90. The lowest BCUT2D eigenvalue weighted by molar-refractivity contribution is 0.211. The van der Waals surface area contributed by atoms with E-state index in [2.05, 4.69) is 50.0 Å². The van der Waals surface area contributed by atoms with Crippen LogP contribution in [0.3, 0.4) is 0 Å². The van der Waals surface area contributed by atoms with Crippen LogP contribution in [0.2, 0.25) is 0 Å². The summed E-state index contributed by atoms with van der Waals surface area (Å²) in [5.41, 5.74) is 4.72. The van der Waals surface area contributed by atoms with E-state index in [4.69, 9.17) is 4.74 Å². The van der Waals surface area contributed by atoms with Crippen LogP contribution in [-0.4, -0.2) is 13.2 Å². The highest BCUT2D eigenvalue weighted by molar-refractivity contribution is 5.75. The molecule has 0 saturated heterocycles. The van der Waals surface area contributed by atoms with Crippen molar-refractivity contribution >= 4 is 0 Å². The molecule has 160 valence electrons. The molecule has 2 aromatic carbocycles. The summed E-state index contributed by atoms with van der Waals surface area (Å²) < 4.78 is 21.5. The van der Waals surface area contributed by atoms with Crippen LogP contribution in [0.4, 0.5) is 4.39 Å². The lowest BCUT2D eigenvalue weighted by Crippen LogP contribution is -2.27. The number of nitrogens with one attached hydrogen (secondary N) is 1. The lowest BCUT2D eigenvalue weighted by atomic mass is 9.75. The van der Waals surface area contributed by atoms with Crippen molar-refractivity contribution in [3.8, 4) is 16.9 Å². The maximum Gasteiger partial charge on any atom is 0.127 e. The Hall–Kier alpha value is -2.29. The summed E-state index contributed by atoms with van der Waals surface area (Å²) in [6.45, 7) is 8.54. The van der Waals surface area contributed by atoms with Crippen LogP contribution in [0.5, 0.6) is 5.75 Å². The Balaban J connectivity index is 1.84. The maximum absolute atomic E-state index is 15.0. The fourth-order valence-corrected chi connectivity index (χ4v) is 4.79. The smallest absolute Gasteiger partial charge is 0.127 e. The van der Waals surface area contributed by atoms with Crippen LogP contribution in [0, 0.1) is 5.82 Å². The van der Waals surface area contributed by atoms with E-state index in [9.17, 15) is 4.39 Å². The van der Waals surface area contributed by atoms with Gasteiger partial charge in [0.15, 0.2) is 0 Å². The fraction of sp³-hybridized carbons (Fsp3) is 0.481. The van der Waals surface area contributed by atoms with E-state index in [1.165, 1.54) is 19.3 Å². The second-order valence-electron chi connectivity index (χ2n) is 9.42. The van der Waals surface area contributed by atoms with E-state index >= 15 is 0 Å². The normalized spacial score (nSPS) is 17.6. The third-order valence-electron chi connectivity index (χ3n) is 7.21. The third kappa shape index (κ3) is 3.87. The molecule has 0 aliphatic heterocycles. The summed E-state index contributed by atoms with van der Waals surface area (Å²) in [6, 6.07) is 11.9. The van der Waals surface area contributed by atoms with E-state index in [1.807, 2.05) is 13.1 Å². The largest absolute Gasteiger partial charge is 0.490 e. The average Bonchev–Trinajstić information content (AvgIpc) is 3.21. The molecule has 2 fully saturated rings. The molecule has 2 aromatic rings. The summed E-state index contributed by atoms with van der Waals surface area (Å²) in [5.74, 6) is 1.10. The highest BCUT2D eigenvalue weighted by atomic mass is 19.1. The molecule has 3 heteroatoms. The van der Waals surface area contributed by atoms with Crippen molar-refractivity contribution in [2.24, 2.45) is 0 Å². The van der Waals surface area contributed by atoms with Crippen LogP contribution in [-0.2, 0) is 5.41 Å². The van der Waals surface area contributed by atoms with Gasteiger partial charge in [0, 0.05) is 23.7 Å². The van der Waals surface area contributed by atoms with Gasteiger partial charge in [-0.3, -0.25) is 0 Å². The summed E-state index contributed by atoms with van der Waals surface area (Å²) in [6.07, 6.45) is 8.21. The highest BCUT2D eigenvalue weighted by Gasteiger charge is 2.30. The van der Waals surface area contributed by atoms with Gasteiger partial charge < -0.3 is 10.1 Å². The van der Waals surface area contributed by atoms with Crippen molar-refractivity contribution in [1.29, 1.82) is 0 Å². The molecule has 1 N–H and O–H groups in total. The van der Waals surface area contributed by atoms with Crippen molar-refractivity contribution in [2.45, 2.75) is 76.2 Å². The van der Waals surface area contributed by atoms with Crippen LogP contribution >= 0.6 is 0 Å². The van der Waals surface area contributed by atoms with E-state index < -0.39 is 0 Å². The van der Waals surface area contributed by atoms with Crippen molar-refractivity contribution in [3.05, 3.63) is 65.6 Å². The molecule has 4 rings (SSSR count). The number of rotatable bonds is 7. The number of ether oxygens (including phenoxy) is 1. The SMILES string of the molecule is C=C(NC)C(C)(C)c1ccc(OC2CCCC2)c(-c2cccc(F)c2C2CCC2)c1. The van der Waals surface area contributed by atoms with Gasteiger partial charge in [0.2, 0.25) is 0 Å². The minimum absolute atomic E-state index is 0.0895. The minimum Gasteiger partial charge on any atom is -0.490 e. The Morgan fingerprint density at radius 2 is 1.77 bits per heavy atom. The molecule has 0 radical (unpaired) electrons.